The highest BCUT2D eigenvalue weighted by atomic mass is 15.2. The highest BCUT2D eigenvalue weighted by Crippen LogP contribution is 2.30. The Morgan fingerprint density at radius 2 is 2.29 bits per heavy atom. The van der Waals surface area contributed by atoms with Crippen molar-refractivity contribution in [3.8, 4) is 0 Å². The average molecular weight is 190 g/mol. The van der Waals surface area contributed by atoms with Crippen LogP contribution in [-0.2, 0) is 6.42 Å². The zero-order valence-electron chi connectivity index (χ0n) is 8.96. The minimum absolute atomic E-state index is 0.457. The van der Waals surface area contributed by atoms with Crippen molar-refractivity contribution in [1.29, 1.82) is 0 Å². The first-order chi connectivity index (χ1) is 6.72. The zero-order valence-corrected chi connectivity index (χ0v) is 8.96. The van der Waals surface area contributed by atoms with Gasteiger partial charge in [-0.2, -0.15) is 0 Å². The van der Waals surface area contributed by atoms with Crippen molar-refractivity contribution in [2.24, 2.45) is 5.73 Å². The summed E-state index contributed by atoms with van der Waals surface area (Å²) in [7, 11) is 0. The molecule has 0 spiro atoms. The predicted octanol–water partition coefficient (Wildman–Crippen LogP) is 1.70. The van der Waals surface area contributed by atoms with E-state index in [1.54, 1.807) is 0 Å². The molecule has 2 N–H and O–H groups in total. The monoisotopic (exact) mass is 190 g/mol. The molecule has 1 aromatic rings. The predicted molar refractivity (Wildman–Crippen MR) is 60.7 cm³/mol. The maximum Gasteiger partial charge on any atom is 0.0405 e. The minimum atomic E-state index is 0.457. The second kappa shape index (κ2) is 3.62. The van der Waals surface area contributed by atoms with E-state index in [-0.39, 0.29) is 0 Å². The van der Waals surface area contributed by atoms with Crippen LogP contribution in [0, 0.1) is 6.92 Å². The fourth-order valence-corrected chi connectivity index (χ4v) is 2.10. The maximum absolute atomic E-state index is 5.71. The molecule has 1 aliphatic rings. The minimum Gasteiger partial charge on any atom is -0.367 e. The van der Waals surface area contributed by atoms with Crippen LogP contribution in [0.5, 0.6) is 0 Å². The number of nitrogens with zero attached hydrogens (tertiary/aromatic N) is 1. The lowest BCUT2D eigenvalue weighted by Crippen LogP contribution is -2.37. The van der Waals surface area contributed by atoms with Gasteiger partial charge in [0.1, 0.15) is 0 Å². The Morgan fingerprint density at radius 1 is 1.50 bits per heavy atom. The summed E-state index contributed by atoms with van der Waals surface area (Å²) in [5.41, 5.74) is 9.90. The molecule has 1 atom stereocenters. The number of rotatable bonds is 2. The molecule has 0 bridgehead atoms. The third kappa shape index (κ3) is 1.50. The van der Waals surface area contributed by atoms with E-state index in [2.05, 4.69) is 36.9 Å². The van der Waals surface area contributed by atoms with Gasteiger partial charge >= 0.3 is 0 Å². The van der Waals surface area contributed by atoms with E-state index in [0.717, 1.165) is 13.1 Å². The summed E-state index contributed by atoms with van der Waals surface area (Å²) < 4.78 is 0. The van der Waals surface area contributed by atoms with Gasteiger partial charge in [0.2, 0.25) is 0 Å². The Labute approximate surface area is 85.7 Å². The molecule has 0 saturated carbocycles. The standard InChI is InChI=1S/C12H18N2/c1-9-3-4-11-5-6-14(10(2)8-13)12(11)7-9/h3-4,7,10H,5-6,8,13H2,1-2H3. The third-order valence-electron chi connectivity index (χ3n) is 3.05. The van der Waals surface area contributed by atoms with Crippen molar-refractivity contribution >= 4 is 5.69 Å². The SMILES string of the molecule is Cc1ccc2c(c1)N(C(C)CN)CC2. The van der Waals surface area contributed by atoms with Crippen LogP contribution in [-0.4, -0.2) is 19.1 Å². The van der Waals surface area contributed by atoms with Gasteiger partial charge in [0.25, 0.3) is 0 Å². The van der Waals surface area contributed by atoms with Crippen LogP contribution in [0.1, 0.15) is 18.1 Å². The Hall–Kier alpha value is -1.02. The number of fused-ring (bicyclic) bond motifs is 1. The largest absolute Gasteiger partial charge is 0.367 e. The second-order valence-corrected chi connectivity index (χ2v) is 4.16. The number of hydrogen-bond donors (Lipinski definition) is 1. The molecule has 2 heteroatoms. The molecule has 0 radical (unpaired) electrons. The van der Waals surface area contributed by atoms with Gasteiger partial charge < -0.3 is 10.6 Å². The Balaban J connectivity index is 2.33. The second-order valence-electron chi connectivity index (χ2n) is 4.16. The van der Waals surface area contributed by atoms with Crippen LogP contribution in [0.25, 0.3) is 0 Å². The van der Waals surface area contributed by atoms with Crippen LogP contribution < -0.4 is 10.6 Å². The number of benzene rings is 1. The van der Waals surface area contributed by atoms with Crippen LogP contribution in [0.2, 0.25) is 0 Å². The lowest BCUT2D eigenvalue weighted by molar-refractivity contribution is 0.663. The average Bonchev–Trinajstić information content (AvgIpc) is 2.59. The zero-order chi connectivity index (χ0) is 10.1. The van der Waals surface area contributed by atoms with Gasteiger partial charge in [0.05, 0.1) is 0 Å². The van der Waals surface area contributed by atoms with Crippen molar-refractivity contribution in [1.82, 2.24) is 0 Å². The van der Waals surface area contributed by atoms with Crippen LogP contribution in [0.3, 0.4) is 0 Å². The van der Waals surface area contributed by atoms with Crippen molar-refractivity contribution in [2.45, 2.75) is 26.3 Å². The molecule has 2 nitrogen and oxygen atoms in total. The van der Waals surface area contributed by atoms with E-state index >= 15 is 0 Å². The van der Waals surface area contributed by atoms with Crippen LogP contribution in [0.4, 0.5) is 5.69 Å². The van der Waals surface area contributed by atoms with Crippen molar-refractivity contribution < 1.29 is 0 Å². The van der Waals surface area contributed by atoms with Gasteiger partial charge in [-0.05, 0) is 37.5 Å². The Kier molecular flexibility index (Phi) is 2.46. The van der Waals surface area contributed by atoms with Gasteiger partial charge in [-0.3, -0.25) is 0 Å². The first kappa shape index (κ1) is 9.53. The molecule has 0 aromatic heterocycles. The van der Waals surface area contributed by atoms with Crippen molar-refractivity contribution in [3.63, 3.8) is 0 Å². The molecule has 1 aliphatic heterocycles. The first-order valence-electron chi connectivity index (χ1n) is 5.28. The molecule has 0 fully saturated rings. The number of nitrogens with two attached hydrogens (primary N) is 1. The van der Waals surface area contributed by atoms with Gasteiger partial charge in [0.15, 0.2) is 0 Å². The molecule has 76 valence electrons. The van der Waals surface area contributed by atoms with E-state index < -0.39 is 0 Å². The van der Waals surface area contributed by atoms with Gasteiger partial charge in [-0.15, -0.1) is 0 Å². The molecular formula is C12H18N2. The van der Waals surface area contributed by atoms with Crippen LogP contribution >= 0.6 is 0 Å². The van der Waals surface area contributed by atoms with E-state index in [0.29, 0.717) is 6.04 Å². The molecule has 1 heterocycles. The molecule has 1 aromatic carbocycles. The van der Waals surface area contributed by atoms with Gasteiger partial charge in [-0.1, -0.05) is 12.1 Å². The molecule has 0 amide bonds. The molecule has 0 aliphatic carbocycles. The summed E-state index contributed by atoms with van der Waals surface area (Å²) in [5.74, 6) is 0. The quantitative estimate of drug-likeness (QED) is 0.769. The molecule has 1 unspecified atom stereocenters. The highest BCUT2D eigenvalue weighted by molar-refractivity contribution is 5.60. The molecular weight excluding hydrogens is 172 g/mol. The highest BCUT2D eigenvalue weighted by Gasteiger charge is 2.22. The summed E-state index contributed by atoms with van der Waals surface area (Å²) in [6, 6.07) is 7.16. The number of anilines is 1. The first-order valence-corrected chi connectivity index (χ1v) is 5.28. The van der Waals surface area contributed by atoms with E-state index in [9.17, 15) is 0 Å². The summed E-state index contributed by atoms with van der Waals surface area (Å²) >= 11 is 0. The van der Waals surface area contributed by atoms with E-state index in [1.165, 1.54) is 23.2 Å². The molecule has 0 saturated heterocycles. The number of aryl methyl sites for hydroxylation is 1. The summed E-state index contributed by atoms with van der Waals surface area (Å²) in [4.78, 5) is 2.42. The van der Waals surface area contributed by atoms with Crippen molar-refractivity contribution in [2.75, 3.05) is 18.0 Å². The van der Waals surface area contributed by atoms with Crippen molar-refractivity contribution in [3.05, 3.63) is 29.3 Å². The van der Waals surface area contributed by atoms with E-state index in [1.807, 2.05) is 0 Å². The topological polar surface area (TPSA) is 29.3 Å². The smallest absolute Gasteiger partial charge is 0.0405 e. The normalized spacial score (nSPS) is 16.9. The lowest BCUT2D eigenvalue weighted by atomic mass is 10.1. The third-order valence-corrected chi connectivity index (χ3v) is 3.05. The summed E-state index contributed by atoms with van der Waals surface area (Å²) in [6.07, 6.45) is 1.17. The number of hydrogen-bond acceptors (Lipinski definition) is 2. The fraction of sp³-hybridized carbons (Fsp3) is 0.500. The van der Waals surface area contributed by atoms with Crippen LogP contribution in [0.15, 0.2) is 18.2 Å². The van der Waals surface area contributed by atoms with Gasteiger partial charge in [0, 0.05) is 24.8 Å². The summed E-state index contributed by atoms with van der Waals surface area (Å²) in [6.45, 7) is 6.19. The summed E-state index contributed by atoms with van der Waals surface area (Å²) in [5, 5.41) is 0. The molecule has 2 rings (SSSR count). The fourth-order valence-electron chi connectivity index (χ4n) is 2.10. The Bertz CT molecular complexity index is 333. The lowest BCUT2D eigenvalue weighted by Gasteiger charge is -2.26. The maximum atomic E-state index is 5.71. The van der Waals surface area contributed by atoms with E-state index in [4.69, 9.17) is 5.73 Å². The Morgan fingerprint density at radius 3 is 3.00 bits per heavy atom. The van der Waals surface area contributed by atoms with Gasteiger partial charge in [-0.25, -0.2) is 0 Å². The molecule has 14 heavy (non-hydrogen) atoms.